The molecule has 108 valence electrons. The van der Waals surface area contributed by atoms with E-state index in [2.05, 4.69) is 35.8 Å². The zero-order chi connectivity index (χ0) is 14.4. The van der Waals surface area contributed by atoms with Crippen LogP contribution in [0.4, 0.5) is 0 Å². The van der Waals surface area contributed by atoms with Gasteiger partial charge in [-0.1, -0.05) is 12.1 Å². The lowest BCUT2D eigenvalue weighted by Gasteiger charge is -2.18. The zero-order valence-corrected chi connectivity index (χ0v) is 13.0. The number of hydrogen-bond acceptors (Lipinski definition) is 4. The Morgan fingerprint density at radius 2 is 2.05 bits per heavy atom. The molecular formula is C16H21NO2S. The predicted molar refractivity (Wildman–Crippen MR) is 84.0 cm³/mol. The molecule has 20 heavy (non-hydrogen) atoms. The average Bonchev–Trinajstić information content (AvgIpc) is 2.99. The van der Waals surface area contributed by atoms with Crippen LogP contribution in [0.5, 0.6) is 11.5 Å². The Morgan fingerprint density at radius 1 is 1.20 bits per heavy atom. The van der Waals surface area contributed by atoms with Gasteiger partial charge in [-0.05, 0) is 30.9 Å². The topological polar surface area (TPSA) is 30.5 Å². The lowest BCUT2D eigenvalue weighted by atomic mass is 10.1. The van der Waals surface area contributed by atoms with Crippen molar-refractivity contribution in [2.75, 3.05) is 20.8 Å². The maximum Gasteiger partial charge on any atom is 0.127 e. The second-order valence-corrected chi connectivity index (χ2v) is 5.65. The van der Waals surface area contributed by atoms with E-state index in [9.17, 15) is 0 Å². The number of ether oxygens (including phenoxy) is 2. The monoisotopic (exact) mass is 291 g/mol. The van der Waals surface area contributed by atoms with Crippen LogP contribution in [0.15, 0.2) is 35.7 Å². The van der Waals surface area contributed by atoms with Crippen LogP contribution < -0.4 is 14.8 Å². The minimum absolute atomic E-state index is 0.246. The van der Waals surface area contributed by atoms with Gasteiger partial charge in [-0.3, -0.25) is 0 Å². The van der Waals surface area contributed by atoms with E-state index in [1.165, 1.54) is 4.88 Å². The summed E-state index contributed by atoms with van der Waals surface area (Å²) >= 11 is 1.80. The molecule has 0 bridgehead atoms. The Balaban J connectivity index is 1.95. The van der Waals surface area contributed by atoms with Crippen molar-refractivity contribution in [3.05, 3.63) is 46.2 Å². The fourth-order valence-electron chi connectivity index (χ4n) is 2.15. The number of hydrogen-bond donors (Lipinski definition) is 1. The molecule has 1 aromatic carbocycles. The molecule has 1 N–H and O–H groups in total. The molecule has 0 saturated carbocycles. The molecule has 2 rings (SSSR count). The molecule has 1 atom stereocenters. The highest BCUT2D eigenvalue weighted by atomic mass is 32.1. The molecule has 0 spiro atoms. The minimum atomic E-state index is 0.246. The van der Waals surface area contributed by atoms with Gasteiger partial charge in [0.2, 0.25) is 0 Å². The summed E-state index contributed by atoms with van der Waals surface area (Å²) in [4.78, 5) is 1.41. The highest BCUT2D eigenvalue weighted by molar-refractivity contribution is 7.09. The van der Waals surface area contributed by atoms with Crippen LogP contribution in [-0.2, 0) is 6.42 Å². The Bertz CT molecular complexity index is 525. The summed E-state index contributed by atoms with van der Waals surface area (Å²) in [5.41, 5.74) is 1.15. The van der Waals surface area contributed by atoms with Crippen LogP contribution >= 0.6 is 11.3 Å². The molecule has 0 radical (unpaired) electrons. The van der Waals surface area contributed by atoms with Gasteiger partial charge in [-0.2, -0.15) is 0 Å². The number of rotatable bonds is 7. The zero-order valence-electron chi connectivity index (χ0n) is 12.2. The average molecular weight is 291 g/mol. The van der Waals surface area contributed by atoms with E-state index in [4.69, 9.17) is 9.47 Å². The standard InChI is InChI=1S/C16H21NO2S/c1-12(17-9-8-14-5-4-10-20-14)15-7-6-13(18-2)11-16(15)19-3/h4-7,10-12,17H,8-9H2,1-3H3. The Hall–Kier alpha value is -1.52. The molecule has 0 saturated heterocycles. The van der Waals surface area contributed by atoms with E-state index in [0.29, 0.717) is 0 Å². The van der Waals surface area contributed by atoms with Gasteiger partial charge in [0.1, 0.15) is 11.5 Å². The molecule has 0 aliphatic rings. The van der Waals surface area contributed by atoms with Crippen LogP contribution in [0.3, 0.4) is 0 Å². The van der Waals surface area contributed by atoms with Gasteiger partial charge in [0.15, 0.2) is 0 Å². The Labute approximate surface area is 124 Å². The second kappa shape index (κ2) is 7.31. The van der Waals surface area contributed by atoms with Gasteiger partial charge in [-0.25, -0.2) is 0 Å². The van der Waals surface area contributed by atoms with E-state index in [-0.39, 0.29) is 6.04 Å². The molecule has 1 aromatic heterocycles. The molecule has 1 unspecified atom stereocenters. The van der Waals surface area contributed by atoms with Crippen molar-refractivity contribution in [2.24, 2.45) is 0 Å². The van der Waals surface area contributed by atoms with Crippen LogP contribution in [0.1, 0.15) is 23.4 Å². The van der Waals surface area contributed by atoms with Crippen LogP contribution in [-0.4, -0.2) is 20.8 Å². The quantitative estimate of drug-likeness (QED) is 0.844. The summed E-state index contributed by atoms with van der Waals surface area (Å²) in [7, 11) is 3.35. The largest absolute Gasteiger partial charge is 0.497 e. The molecular weight excluding hydrogens is 270 g/mol. The summed E-state index contributed by atoms with van der Waals surface area (Å²) in [5.74, 6) is 1.68. The summed E-state index contributed by atoms with van der Waals surface area (Å²) in [6.45, 7) is 3.11. The summed E-state index contributed by atoms with van der Waals surface area (Å²) in [5, 5.41) is 5.65. The summed E-state index contributed by atoms with van der Waals surface area (Å²) < 4.78 is 10.7. The highest BCUT2D eigenvalue weighted by Gasteiger charge is 2.11. The van der Waals surface area contributed by atoms with Gasteiger partial charge in [0.25, 0.3) is 0 Å². The first-order valence-corrected chi connectivity index (χ1v) is 7.60. The fourth-order valence-corrected chi connectivity index (χ4v) is 2.86. The van der Waals surface area contributed by atoms with Gasteiger partial charge in [0, 0.05) is 29.1 Å². The lowest BCUT2D eigenvalue weighted by molar-refractivity contribution is 0.386. The van der Waals surface area contributed by atoms with Crippen LogP contribution in [0, 0.1) is 0 Å². The molecule has 0 aliphatic carbocycles. The van der Waals surface area contributed by atoms with Crippen molar-refractivity contribution in [1.29, 1.82) is 0 Å². The maximum absolute atomic E-state index is 5.44. The minimum Gasteiger partial charge on any atom is -0.497 e. The fraction of sp³-hybridized carbons (Fsp3) is 0.375. The van der Waals surface area contributed by atoms with Crippen molar-refractivity contribution in [3.8, 4) is 11.5 Å². The predicted octanol–water partition coefficient (Wildman–Crippen LogP) is 3.66. The van der Waals surface area contributed by atoms with Crippen LogP contribution in [0.2, 0.25) is 0 Å². The molecule has 3 nitrogen and oxygen atoms in total. The second-order valence-electron chi connectivity index (χ2n) is 4.61. The van der Waals surface area contributed by atoms with Gasteiger partial charge in [0.05, 0.1) is 14.2 Å². The summed E-state index contributed by atoms with van der Waals surface area (Å²) in [6.07, 6.45) is 1.06. The number of nitrogens with one attached hydrogen (secondary N) is 1. The van der Waals surface area contributed by atoms with Gasteiger partial charge < -0.3 is 14.8 Å². The highest BCUT2D eigenvalue weighted by Crippen LogP contribution is 2.29. The molecule has 1 heterocycles. The third-order valence-electron chi connectivity index (χ3n) is 3.31. The first-order chi connectivity index (χ1) is 9.74. The van der Waals surface area contributed by atoms with Crippen molar-refractivity contribution in [2.45, 2.75) is 19.4 Å². The van der Waals surface area contributed by atoms with E-state index in [0.717, 1.165) is 30.0 Å². The van der Waals surface area contributed by atoms with Gasteiger partial charge >= 0.3 is 0 Å². The Kier molecular flexibility index (Phi) is 5.44. The van der Waals surface area contributed by atoms with Gasteiger partial charge in [-0.15, -0.1) is 11.3 Å². The van der Waals surface area contributed by atoms with Crippen LogP contribution in [0.25, 0.3) is 0 Å². The Morgan fingerprint density at radius 3 is 2.70 bits per heavy atom. The number of methoxy groups -OCH3 is 2. The maximum atomic E-state index is 5.44. The smallest absolute Gasteiger partial charge is 0.127 e. The normalized spacial score (nSPS) is 12.2. The number of benzene rings is 1. The first kappa shape index (κ1) is 14.9. The van der Waals surface area contributed by atoms with E-state index < -0.39 is 0 Å². The van der Waals surface area contributed by atoms with Crippen molar-refractivity contribution < 1.29 is 9.47 Å². The molecule has 4 heteroatoms. The van der Waals surface area contributed by atoms with E-state index >= 15 is 0 Å². The molecule has 0 aliphatic heterocycles. The van der Waals surface area contributed by atoms with Crippen molar-refractivity contribution >= 4 is 11.3 Å². The van der Waals surface area contributed by atoms with Crippen molar-refractivity contribution in [1.82, 2.24) is 5.32 Å². The molecule has 0 fully saturated rings. The SMILES string of the molecule is COc1ccc(C(C)NCCc2cccs2)c(OC)c1. The third kappa shape index (κ3) is 3.74. The third-order valence-corrected chi connectivity index (χ3v) is 4.25. The number of thiophene rings is 1. The molecule has 2 aromatic rings. The lowest BCUT2D eigenvalue weighted by Crippen LogP contribution is -2.21. The first-order valence-electron chi connectivity index (χ1n) is 6.72. The van der Waals surface area contributed by atoms with E-state index in [1.54, 1.807) is 25.6 Å². The van der Waals surface area contributed by atoms with Crippen molar-refractivity contribution in [3.63, 3.8) is 0 Å². The van der Waals surface area contributed by atoms with E-state index in [1.807, 2.05) is 12.1 Å². The molecule has 0 amide bonds. The summed E-state index contributed by atoms with van der Waals surface area (Å²) in [6, 6.07) is 10.5.